The van der Waals surface area contributed by atoms with Crippen molar-refractivity contribution in [2.45, 2.75) is 6.61 Å². The van der Waals surface area contributed by atoms with Gasteiger partial charge < -0.3 is 4.74 Å². The monoisotopic (exact) mass is 240 g/mol. The van der Waals surface area contributed by atoms with Crippen LogP contribution in [0.5, 0.6) is 0 Å². The highest BCUT2D eigenvalue weighted by Crippen LogP contribution is 2.12. The molecular weight excluding hydrogens is 226 g/mol. The highest BCUT2D eigenvalue weighted by atomic mass is 16.6. The van der Waals surface area contributed by atoms with Gasteiger partial charge in [0.15, 0.2) is 0 Å². The predicted octanol–water partition coefficient (Wildman–Crippen LogP) is 3.26. The van der Waals surface area contributed by atoms with Crippen molar-refractivity contribution in [3.05, 3.63) is 66.2 Å². The highest BCUT2D eigenvalue weighted by Gasteiger charge is 2.11. The predicted molar refractivity (Wildman–Crippen MR) is 70.3 cm³/mol. The number of amides is 1. The van der Waals surface area contributed by atoms with Gasteiger partial charge in [0, 0.05) is 13.1 Å². The minimum atomic E-state index is -0.388. The molecule has 0 unspecified atom stereocenters. The summed E-state index contributed by atoms with van der Waals surface area (Å²) in [6.07, 6.45) is -0.388. The van der Waals surface area contributed by atoms with Gasteiger partial charge in [0.25, 0.3) is 0 Å². The molecule has 1 amide bonds. The van der Waals surface area contributed by atoms with E-state index >= 15 is 0 Å². The Balaban J connectivity index is 1.93. The number of benzene rings is 2. The first-order valence-electron chi connectivity index (χ1n) is 5.68. The van der Waals surface area contributed by atoms with E-state index in [2.05, 4.69) is 6.07 Å². The molecule has 0 aliphatic carbocycles. The third-order valence-electron chi connectivity index (χ3n) is 2.53. The first kappa shape index (κ1) is 12.2. The van der Waals surface area contributed by atoms with E-state index in [9.17, 15) is 4.79 Å². The van der Waals surface area contributed by atoms with E-state index in [0.29, 0.717) is 5.69 Å². The van der Waals surface area contributed by atoms with E-state index in [-0.39, 0.29) is 12.7 Å². The van der Waals surface area contributed by atoms with Crippen LogP contribution in [0.3, 0.4) is 0 Å². The molecule has 0 fully saturated rings. The van der Waals surface area contributed by atoms with E-state index < -0.39 is 0 Å². The van der Waals surface area contributed by atoms with Crippen molar-refractivity contribution in [1.29, 1.82) is 0 Å². The zero-order valence-corrected chi connectivity index (χ0v) is 10.2. The summed E-state index contributed by atoms with van der Waals surface area (Å²) in [5, 5.41) is 0. The molecule has 0 saturated carbocycles. The van der Waals surface area contributed by atoms with Crippen molar-refractivity contribution in [3.8, 4) is 0 Å². The first-order valence-corrected chi connectivity index (χ1v) is 5.68. The van der Waals surface area contributed by atoms with Crippen LogP contribution in [0.15, 0.2) is 54.6 Å². The Morgan fingerprint density at radius 1 is 1.17 bits per heavy atom. The number of rotatable bonds is 3. The maximum absolute atomic E-state index is 11.8. The third-order valence-corrected chi connectivity index (χ3v) is 2.53. The van der Waals surface area contributed by atoms with Crippen LogP contribution in [-0.2, 0) is 11.3 Å². The summed E-state index contributed by atoms with van der Waals surface area (Å²) in [4.78, 5) is 13.2. The SMILES string of the molecule is CN(C(=O)OCc1ccccc1)c1[c]cccc1. The minimum Gasteiger partial charge on any atom is -0.444 e. The molecule has 0 atom stereocenters. The number of para-hydroxylation sites is 1. The van der Waals surface area contributed by atoms with Gasteiger partial charge in [0.1, 0.15) is 6.61 Å². The van der Waals surface area contributed by atoms with Crippen LogP contribution in [0.25, 0.3) is 0 Å². The molecule has 0 aliphatic rings. The number of hydrogen-bond acceptors (Lipinski definition) is 2. The number of carbonyl (C=O) groups excluding carboxylic acids is 1. The second kappa shape index (κ2) is 5.87. The Morgan fingerprint density at radius 3 is 2.56 bits per heavy atom. The van der Waals surface area contributed by atoms with E-state index in [0.717, 1.165) is 5.56 Å². The molecule has 0 saturated heterocycles. The molecular formula is C15H14NO2. The summed E-state index contributed by atoms with van der Waals surface area (Å²) >= 11 is 0. The zero-order chi connectivity index (χ0) is 12.8. The average Bonchev–Trinajstić information content (AvgIpc) is 2.46. The van der Waals surface area contributed by atoms with E-state index in [1.54, 1.807) is 13.1 Å². The molecule has 0 aliphatic heterocycles. The van der Waals surface area contributed by atoms with Gasteiger partial charge in [-0.15, -0.1) is 0 Å². The van der Waals surface area contributed by atoms with Gasteiger partial charge in [-0.3, -0.25) is 4.90 Å². The molecule has 0 bridgehead atoms. The van der Waals surface area contributed by atoms with Crippen LogP contribution in [0.1, 0.15) is 5.56 Å². The first-order chi connectivity index (χ1) is 8.77. The maximum Gasteiger partial charge on any atom is 0.414 e. The molecule has 0 spiro atoms. The van der Waals surface area contributed by atoms with Crippen LogP contribution in [0.4, 0.5) is 10.5 Å². The lowest BCUT2D eigenvalue weighted by Crippen LogP contribution is -2.26. The summed E-state index contributed by atoms with van der Waals surface area (Å²) in [5.41, 5.74) is 1.66. The molecule has 0 N–H and O–H groups in total. The van der Waals surface area contributed by atoms with Crippen molar-refractivity contribution >= 4 is 11.8 Å². The normalized spacial score (nSPS) is 9.83. The fourth-order valence-corrected chi connectivity index (χ4v) is 1.51. The second-order valence-electron chi connectivity index (χ2n) is 3.85. The van der Waals surface area contributed by atoms with Crippen LogP contribution in [0.2, 0.25) is 0 Å². The zero-order valence-electron chi connectivity index (χ0n) is 10.2. The Hall–Kier alpha value is -2.29. The largest absolute Gasteiger partial charge is 0.444 e. The summed E-state index contributed by atoms with van der Waals surface area (Å²) in [7, 11) is 1.67. The minimum absolute atomic E-state index is 0.275. The number of hydrogen-bond donors (Lipinski definition) is 0. The number of ether oxygens (including phenoxy) is 1. The lowest BCUT2D eigenvalue weighted by molar-refractivity contribution is 0.148. The van der Waals surface area contributed by atoms with Gasteiger partial charge in [0.2, 0.25) is 0 Å². The Morgan fingerprint density at radius 2 is 1.89 bits per heavy atom. The van der Waals surface area contributed by atoms with Crippen LogP contribution < -0.4 is 4.90 Å². The summed E-state index contributed by atoms with van der Waals surface area (Å²) in [5.74, 6) is 0. The van der Waals surface area contributed by atoms with Gasteiger partial charge in [-0.1, -0.05) is 48.5 Å². The quantitative estimate of drug-likeness (QED) is 0.824. The molecule has 0 aromatic heterocycles. The average molecular weight is 240 g/mol. The molecule has 2 aromatic rings. The van der Waals surface area contributed by atoms with Crippen LogP contribution in [-0.4, -0.2) is 13.1 Å². The van der Waals surface area contributed by atoms with Crippen LogP contribution >= 0.6 is 0 Å². The molecule has 2 aromatic carbocycles. The van der Waals surface area contributed by atoms with Gasteiger partial charge in [-0.2, -0.15) is 0 Å². The standard InChI is InChI=1S/C15H14NO2/c1-16(14-10-6-3-7-11-14)15(17)18-12-13-8-4-2-5-9-13/h2-10H,12H2,1H3. The number of anilines is 1. The van der Waals surface area contributed by atoms with Crippen molar-refractivity contribution in [2.24, 2.45) is 0 Å². The number of carbonyl (C=O) groups is 1. The second-order valence-corrected chi connectivity index (χ2v) is 3.85. The molecule has 3 heteroatoms. The Kier molecular flexibility index (Phi) is 3.97. The fourth-order valence-electron chi connectivity index (χ4n) is 1.51. The van der Waals surface area contributed by atoms with Crippen molar-refractivity contribution in [1.82, 2.24) is 0 Å². The third kappa shape index (κ3) is 3.10. The van der Waals surface area contributed by atoms with Gasteiger partial charge in [0.05, 0.1) is 5.69 Å². The van der Waals surface area contributed by atoms with E-state index in [4.69, 9.17) is 4.74 Å². The molecule has 91 valence electrons. The smallest absolute Gasteiger partial charge is 0.414 e. The maximum atomic E-state index is 11.8. The summed E-state index contributed by atoms with van der Waals surface area (Å²) in [6.45, 7) is 0.275. The topological polar surface area (TPSA) is 29.5 Å². The van der Waals surface area contributed by atoms with Crippen molar-refractivity contribution in [3.63, 3.8) is 0 Å². The van der Waals surface area contributed by atoms with Crippen molar-refractivity contribution in [2.75, 3.05) is 11.9 Å². The lowest BCUT2D eigenvalue weighted by Gasteiger charge is -2.16. The highest BCUT2D eigenvalue weighted by molar-refractivity contribution is 5.86. The van der Waals surface area contributed by atoms with Crippen LogP contribution in [0, 0.1) is 6.07 Å². The molecule has 0 heterocycles. The van der Waals surface area contributed by atoms with E-state index in [1.165, 1.54) is 4.90 Å². The summed E-state index contributed by atoms with van der Waals surface area (Å²) in [6, 6.07) is 19.8. The summed E-state index contributed by atoms with van der Waals surface area (Å²) < 4.78 is 5.21. The van der Waals surface area contributed by atoms with Crippen molar-refractivity contribution < 1.29 is 9.53 Å². The Labute approximate surface area is 107 Å². The van der Waals surface area contributed by atoms with E-state index in [1.807, 2.05) is 48.5 Å². The van der Waals surface area contributed by atoms with Gasteiger partial charge >= 0.3 is 6.09 Å². The number of nitrogens with zero attached hydrogens (tertiary/aromatic N) is 1. The molecule has 18 heavy (non-hydrogen) atoms. The molecule has 3 nitrogen and oxygen atoms in total. The lowest BCUT2D eigenvalue weighted by atomic mass is 10.2. The van der Waals surface area contributed by atoms with Gasteiger partial charge in [-0.25, -0.2) is 4.79 Å². The molecule has 2 rings (SSSR count). The Bertz CT molecular complexity index is 496. The molecule has 1 radical (unpaired) electrons. The van der Waals surface area contributed by atoms with Gasteiger partial charge in [-0.05, 0) is 11.6 Å². The fraction of sp³-hybridized carbons (Fsp3) is 0.133.